The topological polar surface area (TPSA) is 42.7 Å². The summed E-state index contributed by atoms with van der Waals surface area (Å²) in [5.74, 6) is 1.66. The Labute approximate surface area is 136 Å². The summed E-state index contributed by atoms with van der Waals surface area (Å²) in [5.41, 5.74) is 2.44. The quantitative estimate of drug-likeness (QED) is 0.776. The molecule has 4 heteroatoms. The first kappa shape index (κ1) is 14.2. The molecule has 1 saturated carbocycles. The summed E-state index contributed by atoms with van der Waals surface area (Å²) in [6.07, 6.45) is 10.3. The molecule has 2 aromatic heterocycles. The Morgan fingerprint density at radius 1 is 1.09 bits per heavy atom. The fraction of sp³-hybridized carbons (Fsp3) is 0.368. The Hall–Kier alpha value is -2.36. The fourth-order valence-corrected chi connectivity index (χ4v) is 3.42. The van der Waals surface area contributed by atoms with Gasteiger partial charge < -0.3 is 9.88 Å². The summed E-state index contributed by atoms with van der Waals surface area (Å²) in [5, 5.41) is 4.74. The van der Waals surface area contributed by atoms with Gasteiger partial charge in [-0.05, 0) is 43.5 Å². The molecule has 1 N–H and O–H groups in total. The number of aromatic nitrogens is 3. The Bertz CT molecular complexity index is 815. The van der Waals surface area contributed by atoms with Crippen molar-refractivity contribution in [3.8, 4) is 5.82 Å². The molecule has 4 rings (SSSR count). The zero-order valence-electron chi connectivity index (χ0n) is 13.5. The predicted molar refractivity (Wildman–Crippen MR) is 94.1 cm³/mol. The highest BCUT2D eigenvalue weighted by atomic mass is 15.2. The summed E-state index contributed by atoms with van der Waals surface area (Å²) in [6, 6.07) is 11.1. The molecule has 1 fully saturated rings. The second-order valence-electron chi connectivity index (χ2n) is 6.47. The van der Waals surface area contributed by atoms with Crippen molar-refractivity contribution in [1.29, 1.82) is 0 Å². The normalized spacial score (nSPS) is 15.9. The van der Waals surface area contributed by atoms with E-state index in [4.69, 9.17) is 4.98 Å². The Morgan fingerprint density at radius 3 is 2.83 bits per heavy atom. The third-order valence-electron chi connectivity index (χ3n) is 4.67. The van der Waals surface area contributed by atoms with Gasteiger partial charge in [0.2, 0.25) is 5.95 Å². The van der Waals surface area contributed by atoms with Crippen LogP contribution in [0.25, 0.3) is 16.7 Å². The van der Waals surface area contributed by atoms with Crippen LogP contribution in [0.5, 0.6) is 0 Å². The summed E-state index contributed by atoms with van der Waals surface area (Å²) in [7, 11) is 0. The van der Waals surface area contributed by atoms with Crippen molar-refractivity contribution in [3.05, 3.63) is 48.3 Å². The van der Waals surface area contributed by atoms with E-state index in [2.05, 4.69) is 52.3 Å². The zero-order chi connectivity index (χ0) is 15.6. The van der Waals surface area contributed by atoms with Crippen LogP contribution in [0.3, 0.4) is 0 Å². The first-order valence-electron chi connectivity index (χ1n) is 8.47. The number of anilines is 1. The Kier molecular flexibility index (Phi) is 3.74. The molecular weight excluding hydrogens is 284 g/mol. The molecule has 1 aliphatic carbocycles. The molecule has 0 unspecified atom stereocenters. The number of hydrogen-bond donors (Lipinski definition) is 1. The molecule has 2 heterocycles. The number of nitrogens with one attached hydrogen (secondary N) is 1. The molecule has 0 spiro atoms. The minimum Gasteiger partial charge on any atom is -0.351 e. The number of benzene rings is 1. The number of aryl methyl sites for hydroxylation is 1. The van der Waals surface area contributed by atoms with E-state index in [0.29, 0.717) is 6.04 Å². The van der Waals surface area contributed by atoms with Gasteiger partial charge in [0.1, 0.15) is 5.82 Å². The van der Waals surface area contributed by atoms with E-state index >= 15 is 0 Å². The molecule has 4 nitrogen and oxygen atoms in total. The minimum atomic E-state index is 0.516. The first-order chi connectivity index (χ1) is 11.3. The van der Waals surface area contributed by atoms with Gasteiger partial charge >= 0.3 is 0 Å². The second kappa shape index (κ2) is 6.03. The SMILES string of the molecule is Cc1ccc2ccn(-c3ccnc(NC4CCCCC4)n3)c2c1. The van der Waals surface area contributed by atoms with E-state index in [9.17, 15) is 0 Å². The van der Waals surface area contributed by atoms with Gasteiger partial charge in [-0.25, -0.2) is 4.98 Å². The lowest BCUT2D eigenvalue weighted by Gasteiger charge is -2.22. The number of hydrogen-bond acceptors (Lipinski definition) is 3. The van der Waals surface area contributed by atoms with Crippen LogP contribution in [-0.4, -0.2) is 20.6 Å². The average Bonchev–Trinajstić information content (AvgIpc) is 2.99. The molecule has 23 heavy (non-hydrogen) atoms. The number of nitrogens with zero attached hydrogens (tertiary/aromatic N) is 3. The molecule has 3 aromatic rings. The van der Waals surface area contributed by atoms with E-state index in [-0.39, 0.29) is 0 Å². The van der Waals surface area contributed by atoms with Gasteiger partial charge in [0.05, 0.1) is 5.52 Å². The molecule has 0 bridgehead atoms. The van der Waals surface area contributed by atoms with Gasteiger partial charge in [-0.2, -0.15) is 4.98 Å². The van der Waals surface area contributed by atoms with Gasteiger partial charge in [-0.3, -0.25) is 0 Å². The highest BCUT2D eigenvalue weighted by Crippen LogP contribution is 2.23. The van der Waals surface area contributed by atoms with Crippen molar-refractivity contribution in [2.75, 3.05) is 5.32 Å². The molecule has 1 aliphatic rings. The number of fused-ring (bicyclic) bond motifs is 1. The van der Waals surface area contributed by atoms with Crippen LogP contribution in [-0.2, 0) is 0 Å². The van der Waals surface area contributed by atoms with Crippen molar-refractivity contribution in [3.63, 3.8) is 0 Å². The van der Waals surface area contributed by atoms with Gasteiger partial charge in [0.25, 0.3) is 0 Å². The molecule has 118 valence electrons. The third-order valence-corrected chi connectivity index (χ3v) is 4.67. The largest absolute Gasteiger partial charge is 0.351 e. The maximum Gasteiger partial charge on any atom is 0.224 e. The van der Waals surface area contributed by atoms with Crippen molar-refractivity contribution in [2.45, 2.75) is 45.1 Å². The van der Waals surface area contributed by atoms with E-state index in [1.54, 1.807) is 0 Å². The molecule has 0 amide bonds. The lowest BCUT2D eigenvalue weighted by atomic mass is 9.96. The van der Waals surface area contributed by atoms with Gasteiger partial charge in [-0.1, -0.05) is 31.4 Å². The van der Waals surface area contributed by atoms with Crippen LogP contribution in [0.2, 0.25) is 0 Å². The lowest BCUT2D eigenvalue weighted by molar-refractivity contribution is 0.461. The van der Waals surface area contributed by atoms with Crippen LogP contribution < -0.4 is 5.32 Å². The summed E-state index contributed by atoms with van der Waals surface area (Å²) in [6.45, 7) is 2.12. The van der Waals surface area contributed by atoms with E-state index < -0.39 is 0 Å². The maximum absolute atomic E-state index is 4.73. The van der Waals surface area contributed by atoms with E-state index in [0.717, 1.165) is 11.8 Å². The van der Waals surface area contributed by atoms with Gasteiger partial charge in [0.15, 0.2) is 0 Å². The van der Waals surface area contributed by atoms with Gasteiger partial charge in [0, 0.05) is 23.8 Å². The Balaban J connectivity index is 1.65. The molecule has 0 saturated heterocycles. The predicted octanol–water partition coefficient (Wildman–Crippen LogP) is 4.47. The van der Waals surface area contributed by atoms with Gasteiger partial charge in [-0.15, -0.1) is 0 Å². The first-order valence-corrected chi connectivity index (χ1v) is 8.47. The van der Waals surface area contributed by atoms with Crippen molar-refractivity contribution in [1.82, 2.24) is 14.5 Å². The summed E-state index contributed by atoms with van der Waals surface area (Å²) in [4.78, 5) is 9.14. The van der Waals surface area contributed by atoms with Crippen LogP contribution in [0.1, 0.15) is 37.7 Å². The van der Waals surface area contributed by atoms with Crippen LogP contribution >= 0.6 is 0 Å². The zero-order valence-corrected chi connectivity index (χ0v) is 13.5. The number of rotatable bonds is 3. The summed E-state index contributed by atoms with van der Waals surface area (Å²) >= 11 is 0. The summed E-state index contributed by atoms with van der Waals surface area (Å²) < 4.78 is 2.13. The standard InChI is InChI=1S/C19H22N4/c1-14-7-8-15-10-12-23(17(15)13-14)18-9-11-20-19(22-18)21-16-5-3-2-4-6-16/h7-13,16H,2-6H2,1H3,(H,20,21,22). The maximum atomic E-state index is 4.73. The highest BCUT2D eigenvalue weighted by molar-refractivity contribution is 5.82. The minimum absolute atomic E-state index is 0.516. The van der Waals surface area contributed by atoms with Crippen LogP contribution in [0.15, 0.2) is 42.7 Å². The van der Waals surface area contributed by atoms with Crippen molar-refractivity contribution < 1.29 is 0 Å². The second-order valence-corrected chi connectivity index (χ2v) is 6.47. The monoisotopic (exact) mass is 306 g/mol. The van der Waals surface area contributed by atoms with Crippen LogP contribution in [0.4, 0.5) is 5.95 Å². The molecule has 0 radical (unpaired) electrons. The smallest absolute Gasteiger partial charge is 0.224 e. The molecule has 0 atom stereocenters. The van der Waals surface area contributed by atoms with E-state index in [1.165, 1.54) is 48.6 Å². The van der Waals surface area contributed by atoms with Crippen LogP contribution in [0, 0.1) is 6.92 Å². The van der Waals surface area contributed by atoms with Crippen molar-refractivity contribution in [2.24, 2.45) is 0 Å². The van der Waals surface area contributed by atoms with E-state index in [1.807, 2.05) is 12.3 Å². The lowest BCUT2D eigenvalue weighted by Crippen LogP contribution is -2.23. The fourth-order valence-electron chi connectivity index (χ4n) is 3.42. The molecule has 1 aromatic carbocycles. The van der Waals surface area contributed by atoms with Crippen molar-refractivity contribution >= 4 is 16.9 Å². The molecular formula is C19H22N4. The molecule has 0 aliphatic heterocycles. The highest BCUT2D eigenvalue weighted by Gasteiger charge is 2.14. The third kappa shape index (κ3) is 2.93. The Morgan fingerprint density at radius 2 is 1.96 bits per heavy atom. The average molecular weight is 306 g/mol.